The predicted octanol–water partition coefficient (Wildman–Crippen LogP) is 1.95. The number of hydrogen-bond donors (Lipinski definition) is 2. The molecular formula is C16H14ClN7O. The molecule has 0 aliphatic carbocycles. The number of rotatable bonds is 2. The Morgan fingerprint density at radius 2 is 2.04 bits per heavy atom. The summed E-state index contributed by atoms with van der Waals surface area (Å²) in [6, 6.07) is 3.62. The molecule has 3 aromatic heterocycles. The number of nitrogen functional groups attached to an aromatic ring is 1. The molecule has 126 valence electrons. The van der Waals surface area contributed by atoms with Gasteiger partial charge in [0.1, 0.15) is 11.6 Å². The number of carbonyl (C=O) groups excluding carboxylic acids is 1. The van der Waals surface area contributed by atoms with E-state index in [-0.39, 0.29) is 11.4 Å². The van der Waals surface area contributed by atoms with Gasteiger partial charge in [-0.3, -0.25) is 14.0 Å². The zero-order valence-corrected chi connectivity index (χ0v) is 14.2. The lowest BCUT2D eigenvalue weighted by atomic mass is 10.2. The number of benzene rings is 1. The molecule has 4 N–H and O–H groups in total. The molecule has 0 atom stereocenters. The van der Waals surface area contributed by atoms with Gasteiger partial charge in [-0.05, 0) is 19.1 Å². The molecule has 0 saturated carbocycles. The Morgan fingerprint density at radius 1 is 1.28 bits per heavy atom. The molecule has 1 aromatic carbocycles. The molecule has 0 aliphatic rings. The zero-order chi connectivity index (χ0) is 17.9. The average Bonchev–Trinajstić information content (AvgIpc) is 3.06. The molecule has 0 unspecified atom stereocenters. The second-order valence-corrected chi connectivity index (χ2v) is 6.12. The number of primary amides is 1. The smallest absolute Gasteiger partial charge is 0.253 e. The SMILES string of the molecule is Cc1ncc2c(C(N)=O)c(N)n(-c3c(Cl)ccc4cnn(C)c34)c2n1. The number of hydrogen-bond acceptors (Lipinski definition) is 5. The van der Waals surface area contributed by atoms with E-state index in [2.05, 4.69) is 15.1 Å². The number of halogens is 1. The lowest BCUT2D eigenvalue weighted by Gasteiger charge is -2.12. The first kappa shape index (κ1) is 15.4. The van der Waals surface area contributed by atoms with Crippen molar-refractivity contribution in [2.45, 2.75) is 6.92 Å². The molecule has 3 heterocycles. The molecule has 9 heteroatoms. The molecule has 25 heavy (non-hydrogen) atoms. The van der Waals surface area contributed by atoms with Crippen LogP contribution in [-0.2, 0) is 7.05 Å². The minimum atomic E-state index is -0.651. The molecule has 0 radical (unpaired) electrons. The number of nitrogens with zero attached hydrogens (tertiary/aromatic N) is 5. The van der Waals surface area contributed by atoms with E-state index in [1.54, 1.807) is 41.7 Å². The monoisotopic (exact) mass is 355 g/mol. The first-order valence-electron chi connectivity index (χ1n) is 7.44. The maximum atomic E-state index is 12.0. The van der Waals surface area contributed by atoms with Crippen LogP contribution in [0.1, 0.15) is 16.2 Å². The molecule has 0 aliphatic heterocycles. The van der Waals surface area contributed by atoms with Gasteiger partial charge in [0, 0.05) is 18.6 Å². The standard InChI is InChI=1S/C16H14ClN7O/c1-7-20-6-9-11(15(19)25)14(18)24(16(9)22-7)13-10(17)4-3-8-5-21-23(2)12(8)13/h3-6H,18H2,1-2H3,(H2,19,25). The Bertz CT molecular complexity index is 1170. The van der Waals surface area contributed by atoms with Crippen molar-refractivity contribution in [1.82, 2.24) is 24.3 Å². The van der Waals surface area contributed by atoms with Gasteiger partial charge in [-0.15, -0.1) is 0 Å². The average molecular weight is 356 g/mol. The highest BCUT2D eigenvalue weighted by atomic mass is 35.5. The molecular weight excluding hydrogens is 342 g/mol. The van der Waals surface area contributed by atoms with Crippen LogP contribution in [0.25, 0.3) is 27.6 Å². The van der Waals surface area contributed by atoms with Gasteiger partial charge in [-0.2, -0.15) is 5.10 Å². The molecule has 4 rings (SSSR count). The highest BCUT2D eigenvalue weighted by Gasteiger charge is 2.24. The Balaban J connectivity index is 2.25. The van der Waals surface area contributed by atoms with Crippen molar-refractivity contribution < 1.29 is 4.79 Å². The maximum Gasteiger partial charge on any atom is 0.253 e. The lowest BCUT2D eigenvalue weighted by Crippen LogP contribution is -2.14. The Kier molecular flexibility index (Phi) is 3.19. The molecule has 0 fully saturated rings. The van der Waals surface area contributed by atoms with Crippen LogP contribution in [0.3, 0.4) is 0 Å². The van der Waals surface area contributed by atoms with E-state index in [4.69, 9.17) is 23.1 Å². The van der Waals surface area contributed by atoms with Gasteiger partial charge < -0.3 is 11.5 Å². The number of aryl methyl sites for hydroxylation is 2. The summed E-state index contributed by atoms with van der Waals surface area (Å²) in [6.45, 7) is 1.75. The largest absolute Gasteiger partial charge is 0.384 e. The molecule has 0 saturated heterocycles. The lowest BCUT2D eigenvalue weighted by molar-refractivity contribution is 0.100. The van der Waals surface area contributed by atoms with Crippen LogP contribution in [0.4, 0.5) is 5.82 Å². The fourth-order valence-corrected chi connectivity index (χ4v) is 3.33. The van der Waals surface area contributed by atoms with Crippen LogP contribution >= 0.6 is 11.6 Å². The van der Waals surface area contributed by atoms with E-state index >= 15 is 0 Å². The van der Waals surface area contributed by atoms with Crippen LogP contribution in [0, 0.1) is 6.92 Å². The normalized spacial score (nSPS) is 11.5. The number of carbonyl (C=O) groups is 1. The topological polar surface area (TPSA) is 118 Å². The summed E-state index contributed by atoms with van der Waals surface area (Å²) in [4.78, 5) is 20.6. The van der Waals surface area contributed by atoms with Crippen molar-refractivity contribution >= 4 is 45.3 Å². The van der Waals surface area contributed by atoms with E-state index in [0.29, 0.717) is 27.6 Å². The Hall–Kier alpha value is -3.13. The van der Waals surface area contributed by atoms with Crippen molar-refractivity contribution in [3.05, 3.63) is 40.9 Å². The maximum absolute atomic E-state index is 12.0. The summed E-state index contributed by atoms with van der Waals surface area (Å²) in [5, 5.41) is 6.08. The van der Waals surface area contributed by atoms with Crippen LogP contribution in [-0.4, -0.2) is 30.2 Å². The quantitative estimate of drug-likeness (QED) is 0.569. The van der Waals surface area contributed by atoms with Gasteiger partial charge in [0.2, 0.25) is 0 Å². The van der Waals surface area contributed by atoms with Gasteiger partial charge >= 0.3 is 0 Å². The number of fused-ring (bicyclic) bond motifs is 2. The van der Waals surface area contributed by atoms with Crippen LogP contribution in [0.15, 0.2) is 24.5 Å². The van der Waals surface area contributed by atoms with Crippen LogP contribution in [0.2, 0.25) is 5.02 Å². The number of amides is 1. The van der Waals surface area contributed by atoms with Crippen molar-refractivity contribution in [3.8, 4) is 5.69 Å². The second kappa shape index (κ2) is 5.18. The molecule has 4 aromatic rings. The summed E-state index contributed by atoms with van der Waals surface area (Å²) < 4.78 is 3.33. The zero-order valence-electron chi connectivity index (χ0n) is 13.5. The minimum Gasteiger partial charge on any atom is -0.384 e. The van der Waals surface area contributed by atoms with E-state index in [9.17, 15) is 4.79 Å². The summed E-state index contributed by atoms with van der Waals surface area (Å²) >= 11 is 6.49. The predicted molar refractivity (Wildman–Crippen MR) is 95.8 cm³/mol. The first-order chi connectivity index (χ1) is 11.9. The van der Waals surface area contributed by atoms with Gasteiger partial charge in [-0.1, -0.05) is 11.6 Å². The Morgan fingerprint density at radius 3 is 2.76 bits per heavy atom. The van der Waals surface area contributed by atoms with Crippen molar-refractivity contribution in [1.29, 1.82) is 0 Å². The molecule has 0 bridgehead atoms. The Labute approximate surface area is 147 Å². The molecule has 0 spiro atoms. The van der Waals surface area contributed by atoms with Crippen LogP contribution in [0.5, 0.6) is 0 Å². The van der Waals surface area contributed by atoms with Crippen molar-refractivity contribution in [2.24, 2.45) is 12.8 Å². The number of aromatic nitrogens is 5. The first-order valence-corrected chi connectivity index (χ1v) is 7.82. The summed E-state index contributed by atoms with van der Waals surface area (Å²) in [7, 11) is 1.80. The fourth-order valence-electron chi connectivity index (χ4n) is 3.09. The van der Waals surface area contributed by atoms with Crippen LogP contribution < -0.4 is 11.5 Å². The van der Waals surface area contributed by atoms with Gasteiger partial charge in [0.05, 0.1) is 33.4 Å². The third-order valence-electron chi connectivity index (χ3n) is 4.16. The van der Waals surface area contributed by atoms with Crippen molar-refractivity contribution in [3.63, 3.8) is 0 Å². The fraction of sp³-hybridized carbons (Fsp3) is 0.125. The van der Waals surface area contributed by atoms with Crippen molar-refractivity contribution in [2.75, 3.05) is 5.73 Å². The summed E-state index contributed by atoms with van der Waals surface area (Å²) in [5.74, 6) is 0.0515. The van der Waals surface area contributed by atoms with E-state index < -0.39 is 5.91 Å². The third kappa shape index (κ3) is 2.07. The van der Waals surface area contributed by atoms with E-state index in [0.717, 1.165) is 10.9 Å². The molecule has 1 amide bonds. The highest BCUT2D eigenvalue weighted by molar-refractivity contribution is 6.34. The van der Waals surface area contributed by atoms with Gasteiger partial charge in [-0.25, -0.2) is 9.97 Å². The summed E-state index contributed by atoms with van der Waals surface area (Å²) in [6.07, 6.45) is 3.27. The van der Waals surface area contributed by atoms with Gasteiger partial charge in [0.15, 0.2) is 5.65 Å². The minimum absolute atomic E-state index is 0.165. The second-order valence-electron chi connectivity index (χ2n) is 5.72. The van der Waals surface area contributed by atoms with E-state index in [1.165, 1.54) is 0 Å². The third-order valence-corrected chi connectivity index (χ3v) is 4.47. The number of nitrogens with two attached hydrogens (primary N) is 2. The van der Waals surface area contributed by atoms with E-state index in [1.807, 2.05) is 6.07 Å². The summed E-state index contributed by atoms with van der Waals surface area (Å²) in [5.41, 5.74) is 13.8. The number of anilines is 1. The van der Waals surface area contributed by atoms with Gasteiger partial charge in [0.25, 0.3) is 5.91 Å². The highest BCUT2D eigenvalue weighted by Crippen LogP contribution is 2.36. The molecule has 8 nitrogen and oxygen atoms in total.